The van der Waals surface area contributed by atoms with Crippen molar-refractivity contribution in [2.75, 3.05) is 6.54 Å². The fourth-order valence-electron chi connectivity index (χ4n) is 1.36. The van der Waals surface area contributed by atoms with E-state index in [-0.39, 0.29) is 0 Å². The summed E-state index contributed by atoms with van der Waals surface area (Å²) < 4.78 is 0. The van der Waals surface area contributed by atoms with Crippen molar-refractivity contribution in [1.82, 2.24) is 10.6 Å². The second-order valence-corrected chi connectivity index (χ2v) is 4.82. The molecule has 0 spiro atoms. The van der Waals surface area contributed by atoms with Crippen LogP contribution < -0.4 is 16.4 Å². The standard InChI is InChI=1S/C11H15N3O4S/c12-9(15)6-8(10(16)17)14-11(18)13-4-3-7-2-1-5-19-7/h1-2,5,8H,3-4,6H2,(H2,12,15)(H,16,17)(H2,13,14,18). The second-order valence-electron chi connectivity index (χ2n) is 3.79. The molecule has 7 nitrogen and oxygen atoms in total. The third kappa shape index (κ3) is 5.87. The van der Waals surface area contributed by atoms with Crippen molar-refractivity contribution in [2.45, 2.75) is 18.9 Å². The van der Waals surface area contributed by atoms with Gasteiger partial charge in [0, 0.05) is 11.4 Å². The Morgan fingerprint density at radius 1 is 1.42 bits per heavy atom. The molecule has 1 rings (SSSR count). The highest BCUT2D eigenvalue weighted by molar-refractivity contribution is 7.09. The lowest BCUT2D eigenvalue weighted by atomic mass is 10.2. The Morgan fingerprint density at radius 3 is 2.68 bits per heavy atom. The Bertz CT molecular complexity index is 447. The highest BCUT2D eigenvalue weighted by atomic mass is 32.1. The number of nitrogens with one attached hydrogen (secondary N) is 2. The zero-order chi connectivity index (χ0) is 14.3. The van der Waals surface area contributed by atoms with E-state index in [0.29, 0.717) is 13.0 Å². The average molecular weight is 285 g/mol. The Morgan fingerprint density at radius 2 is 2.16 bits per heavy atom. The van der Waals surface area contributed by atoms with Crippen LogP contribution in [-0.4, -0.2) is 35.6 Å². The maximum Gasteiger partial charge on any atom is 0.326 e. The number of carbonyl (C=O) groups excluding carboxylic acids is 2. The Kier molecular flexibility index (Phi) is 5.80. The minimum Gasteiger partial charge on any atom is -0.480 e. The molecular formula is C11H15N3O4S. The van der Waals surface area contributed by atoms with E-state index >= 15 is 0 Å². The minimum absolute atomic E-state index is 0.384. The van der Waals surface area contributed by atoms with Crippen LogP contribution >= 0.6 is 11.3 Å². The Balaban J connectivity index is 2.32. The van der Waals surface area contributed by atoms with Gasteiger partial charge in [0.05, 0.1) is 6.42 Å². The number of nitrogens with two attached hydrogens (primary N) is 1. The molecular weight excluding hydrogens is 270 g/mol. The van der Waals surface area contributed by atoms with E-state index in [1.807, 2.05) is 17.5 Å². The zero-order valence-electron chi connectivity index (χ0n) is 10.1. The summed E-state index contributed by atoms with van der Waals surface area (Å²) in [7, 11) is 0. The van der Waals surface area contributed by atoms with Crippen LogP contribution in [0, 0.1) is 0 Å². The number of carboxylic acids is 1. The fraction of sp³-hybridized carbons (Fsp3) is 0.364. The van der Waals surface area contributed by atoms with Gasteiger partial charge in [0.15, 0.2) is 0 Å². The number of amides is 3. The van der Waals surface area contributed by atoms with Crippen molar-refractivity contribution in [1.29, 1.82) is 0 Å². The van der Waals surface area contributed by atoms with Crippen LogP contribution in [0.25, 0.3) is 0 Å². The number of hydrogen-bond donors (Lipinski definition) is 4. The van der Waals surface area contributed by atoms with Crippen molar-refractivity contribution < 1.29 is 19.5 Å². The van der Waals surface area contributed by atoms with Crippen molar-refractivity contribution in [2.24, 2.45) is 5.73 Å². The lowest BCUT2D eigenvalue weighted by Crippen LogP contribution is -2.48. The molecule has 0 aliphatic heterocycles. The van der Waals surface area contributed by atoms with Crippen molar-refractivity contribution in [3.05, 3.63) is 22.4 Å². The topological polar surface area (TPSA) is 122 Å². The summed E-state index contributed by atoms with van der Waals surface area (Å²) in [6.07, 6.45) is 0.228. The SMILES string of the molecule is NC(=O)CC(NC(=O)NCCc1cccs1)C(=O)O. The molecule has 0 fully saturated rings. The third-order valence-electron chi connectivity index (χ3n) is 2.25. The minimum atomic E-state index is -1.31. The lowest BCUT2D eigenvalue weighted by molar-refractivity contribution is -0.140. The largest absolute Gasteiger partial charge is 0.480 e. The monoisotopic (exact) mass is 285 g/mol. The molecule has 0 radical (unpaired) electrons. The third-order valence-corrected chi connectivity index (χ3v) is 3.18. The molecule has 19 heavy (non-hydrogen) atoms. The van der Waals surface area contributed by atoms with Crippen molar-refractivity contribution in [3.63, 3.8) is 0 Å². The second kappa shape index (κ2) is 7.37. The van der Waals surface area contributed by atoms with Crippen LogP contribution in [0.3, 0.4) is 0 Å². The number of carboxylic acid groups (broad SMARTS) is 1. The predicted octanol–water partition coefficient (Wildman–Crippen LogP) is -0.0816. The van der Waals surface area contributed by atoms with Gasteiger partial charge < -0.3 is 21.5 Å². The van der Waals surface area contributed by atoms with Crippen LogP contribution in [-0.2, 0) is 16.0 Å². The van der Waals surface area contributed by atoms with E-state index in [2.05, 4.69) is 10.6 Å². The maximum atomic E-state index is 11.4. The quantitative estimate of drug-likeness (QED) is 0.559. The molecule has 0 aliphatic carbocycles. The maximum absolute atomic E-state index is 11.4. The summed E-state index contributed by atoms with van der Waals surface area (Å²) in [5, 5.41) is 15.4. The Hall–Kier alpha value is -2.09. The molecule has 1 heterocycles. The fourth-order valence-corrected chi connectivity index (χ4v) is 2.07. The van der Waals surface area contributed by atoms with Gasteiger partial charge in [0.1, 0.15) is 6.04 Å². The summed E-state index contributed by atoms with van der Waals surface area (Å²) in [5.74, 6) is -2.08. The van der Waals surface area contributed by atoms with E-state index in [0.717, 1.165) is 4.88 Å². The van der Waals surface area contributed by atoms with Gasteiger partial charge in [-0.15, -0.1) is 11.3 Å². The molecule has 1 unspecified atom stereocenters. The molecule has 0 bridgehead atoms. The molecule has 1 aromatic heterocycles. The van der Waals surface area contributed by atoms with E-state index in [1.54, 1.807) is 11.3 Å². The van der Waals surface area contributed by atoms with Gasteiger partial charge in [-0.1, -0.05) is 6.07 Å². The first kappa shape index (κ1) is 15.0. The van der Waals surface area contributed by atoms with Crippen LogP contribution in [0.4, 0.5) is 4.79 Å². The molecule has 0 aliphatic rings. The van der Waals surface area contributed by atoms with Gasteiger partial charge in [-0.3, -0.25) is 4.79 Å². The molecule has 1 aromatic rings. The highest BCUT2D eigenvalue weighted by Crippen LogP contribution is 2.07. The van der Waals surface area contributed by atoms with E-state index in [4.69, 9.17) is 10.8 Å². The lowest BCUT2D eigenvalue weighted by Gasteiger charge is -2.13. The number of carbonyl (C=O) groups is 3. The first-order valence-corrected chi connectivity index (χ1v) is 6.45. The van der Waals surface area contributed by atoms with E-state index < -0.39 is 30.4 Å². The molecule has 5 N–H and O–H groups in total. The molecule has 3 amide bonds. The zero-order valence-corrected chi connectivity index (χ0v) is 10.9. The normalized spacial score (nSPS) is 11.6. The summed E-state index contributed by atoms with van der Waals surface area (Å²) in [6.45, 7) is 0.384. The number of primary amides is 1. The number of rotatable bonds is 7. The highest BCUT2D eigenvalue weighted by Gasteiger charge is 2.21. The van der Waals surface area contributed by atoms with E-state index in [9.17, 15) is 14.4 Å². The number of hydrogen-bond acceptors (Lipinski definition) is 4. The predicted molar refractivity (Wildman–Crippen MR) is 69.8 cm³/mol. The van der Waals surface area contributed by atoms with Crippen LogP contribution in [0.1, 0.15) is 11.3 Å². The molecule has 8 heteroatoms. The summed E-state index contributed by atoms with van der Waals surface area (Å²) in [6, 6.07) is 1.91. The smallest absolute Gasteiger partial charge is 0.326 e. The summed E-state index contributed by atoms with van der Waals surface area (Å²) >= 11 is 1.57. The molecule has 1 atom stereocenters. The van der Waals surface area contributed by atoms with Gasteiger partial charge in [-0.25, -0.2) is 9.59 Å². The molecule has 0 saturated heterocycles. The van der Waals surface area contributed by atoms with Gasteiger partial charge in [-0.05, 0) is 17.9 Å². The van der Waals surface area contributed by atoms with Gasteiger partial charge in [-0.2, -0.15) is 0 Å². The average Bonchev–Trinajstić information content (AvgIpc) is 2.80. The molecule has 104 valence electrons. The van der Waals surface area contributed by atoms with E-state index in [1.165, 1.54) is 0 Å². The number of aliphatic carboxylic acids is 1. The molecule has 0 aromatic carbocycles. The molecule has 0 saturated carbocycles. The van der Waals surface area contributed by atoms with Crippen molar-refractivity contribution in [3.8, 4) is 0 Å². The van der Waals surface area contributed by atoms with Crippen LogP contribution in [0.2, 0.25) is 0 Å². The Labute approximate surface area is 113 Å². The number of urea groups is 1. The first-order chi connectivity index (χ1) is 8.99. The van der Waals surface area contributed by atoms with Gasteiger partial charge in [0.2, 0.25) is 5.91 Å². The van der Waals surface area contributed by atoms with Gasteiger partial charge in [0.25, 0.3) is 0 Å². The van der Waals surface area contributed by atoms with Crippen molar-refractivity contribution >= 4 is 29.2 Å². The van der Waals surface area contributed by atoms with Gasteiger partial charge >= 0.3 is 12.0 Å². The summed E-state index contributed by atoms with van der Waals surface area (Å²) in [4.78, 5) is 34.0. The first-order valence-electron chi connectivity index (χ1n) is 5.57. The summed E-state index contributed by atoms with van der Waals surface area (Å²) in [5.41, 5.74) is 4.90. The van der Waals surface area contributed by atoms with Crippen LogP contribution in [0.5, 0.6) is 0 Å². The van der Waals surface area contributed by atoms with Crippen LogP contribution in [0.15, 0.2) is 17.5 Å². The number of thiophene rings is 1.